The summed E-state index contributed by atoms with van der Waals surface area (Å²) in [4.78, 5) is 15.0. The van der Waals surface area contributed by atoms with Crippen LogP contribution in [-0.2, 0) is 19.7 Å². The quantitative estimate of drug-likeness (QED) is 0.856. The minimum absolute atomic E-state index is 0.260. The smallest absolute Gasteiger partial charge is 0.233 e. The highest BCUT2D eigenvalue weighted by molar-refractivity contribution is 5.91. The summed E-state index contributed by atoms with van der Waals surface area (Å²) < 4.78 is 16.7. The Morgan fingerprint density at radius 1 is 1.04 bits per heavy atom. The first-order valence-electron chi connectivity index (χ1n) is 8.39. The molecule has 0 N–H and O–H groups in total. The predicted octanol–water partition coefficient (Wildman–Crippen LogP) is 2.09. The van der Waals surface area contributed by atoms with Gasteiger partial charge < -0.3 is 19.1 Å². The van der Waals surface area contributed by atoms with Gasteiger partial charge in [0.1, 0.15) is 5.75 Å². The maximum Gasteiger partial charge on any atom is 0.233 e. The molecule has 1 aromatic rings. The summed E-state index contributed by atoms with van der Waals surface area (Å²) in [5.74, 6) is 0.663. The molecule has 0 bridgehead atoms. The molecule has 0 atom stereocenters. The summed E-state index contributed by atoms with van der Waals surface area (Å²) in [7, 11) is 1.66. The van der Waals surface area contributed by atoms with Gasteiger partial charge in [0.15, 0.2) is 5.79 Å². The molecule has 1 amide bonds. The first-order chi connectivity index (χ1) is 11.2. The average Bonchev–Trinajstić information content (AvgIpc) is 3.30. The fraction of sp³-hybridized carbons (Fsp3) is 0.611. The normalized spacial score (nSPS) is 24.7. The van der Waals surface area contributed by atoms with Gasteiger partial charge in [0.05, 0.1) is 25.7 Å². The number of rotatable bonds is 3. The number of carbonyl (C=O) groups excluding carboxylic acids is 1. The van der Waals surface area contributed by atoms with Crippen LogP contribution in [-0.4, -0.2) is 50.0 Å². The molecule has 5 heteroatoms. The number of hydrogen-bond acceptors (Lipinski definition) is 4. The molecule has 3 aliphatic rings. The number of amides is 1. The maximum absolute atomic E-state index is 13.1. The Morgan fingerprint density at radius 3 is 2.17 bits per heavy atom. The second-order valence-electron chi connectivity index (χ2n) is 6.71. The highest BCUT2D eigenvalue weighted by Gasteiger charge is 2.54. The fourth-order valence-corrected chi connectivity index (χ4v) is 3.80. The third-order valence-corrected chi connectivity index (χ3v) is 5.43. The number of ether oxygens (including phenoxy) is 3. The Kier molecular flexibility index (Phi) is 3.58. The topological polar surface area (TPSA) is 48.0 Å². The van der Waals surface area contributed by atoms with Crippen molar-refractivity contribution in [3.8, 4) is 5.75 Å². The molecule has 1 aromatic carbocycles. The second-order valence-corrected chi connectivity index (χ2v) is 6.71. The third-order valence-electron chi connectivity index (χ3n) is 5.43. The van der Waals surface area contributed by atoms with Crippen LogP contribution >= 0.6 is 0 Å². The monoisotopic (exact) mass is 317 g/mol. The van der Waals surface area contributed by atoms with E-state index in [-0.39, 0.29) is 11.3 Å². The van der Waals surface area contributed by atoms with Gasteiger partial charge in [-0.25, -0.2) is 0 Å². The van der Waals surface area contributed by atoms with Crippen molar-refractivity contribution in [1.29, 1.82) is 0 Å². The third kappa shape index (κ3) is 2.52. The maximum atomic E-state index is 13.1. The minimum Gasteiger partial charge on any atom is -0.497 e. The van der Waals surface area contributed by atoms with Gasteiger partial charge in [0.25, 0.3) is 0 Å². The van der Waals surface area contributed by atoms with Crippen LogP contribution in [0.5, 0.6) is 5.75 Å². The van der Waals surface area contributed by atoms with Gasteiger partial charge >= 0.3 is 0 Å². The molecule has 23 heavy (non-hydrogen) atoms. The first-order valence-corrected chi connectivity index (χ1v) is 8.39. The van der Waals surface area contributed by atoms with E-state index < -0.39 is 5.79 Å². The van der Waals surface area contributed by atoms with Crippen LogP contribution in [0.15, 0.2) is 24.3 Å². The van der Waals surface area contributed by atoms with E-state index in [2.05, 4.69) is 0 Å². The summed E-state index contributed by atoms with van der Waals surface area (Å²) >= 11 is 0. The fourth-order valence-electron chi connectivity index (χ4n) is 3.80. The van der Waals surface area contributed by atoms with Crippen molar-refractivity contribution in [3.05, 3.63) is 29.8 Å². The molecule has 3 fully saturated rings. The Labute approximate surface area is 136 Å². The van der Waals surface area contributed by atoms with E-state index in [0.717, 1.165) is 50.1 Å². The minimum atomic E-state index is -0.423. The summed E-state index contributed by atoms with van der Waals surface area (Å²) in [5.41, 5.74) is 0.797. The van der Waals surface area contributed by atoms with Crippen molar-refractivity contribution < 1.29 is 19.0 Å². The van der Waals surface area contributed by atoms with Gasteiger partial charge in [-0.2, -0.15) is 0 Å². The first kappa shape index (κ1) is 15.0. The van der Waals surface area contributed by atoms with E-state index in [9.17, 15) is 4.79 Å². The molecule has 124 valence electrons. The molecule has 0 radical (unpaired) electrons. The van der Waals surface area contributed by atoms with Crippen molar-refractivity contribution in [2.24, 2.45) is 0 Å². The standard InChI is InChI=1S/C18H23NO4/c1-21-15-4-2-14(3-5-15)17(6-7-17)16(20)19-10-8-18(9-11-19)22-12-13-23-18/h2-5H,6-13H2,1H3. The van der Waals surface area contributed by atoms with Gasteiger partial charge in [-0.1, -0.05) is 12.1 Å². The lowest BCUT2D eigenvalue weighted by Crippen LogP contribution is -2.50. The average molecular weight is 317 g/mol. The Hall–Kier alpha value is -1.59. The Balaban J connectivity index is 1.46. The predicted molar refractivity (Wildman–Crippen MR) is 84.4 cm³/mol. The SMILES string of the molecule is COc1ccc(C2(C(=O)N3CCC4(CC3)OCCO4)CC2)cc1. The number of carbonyl (C=O) groups is 1. The van der Waals surface area contributed by atoms with E-state index in [1.807, 2.05) is 29.2 Å². The Bertz CT molecular complexity index is 578. The van der Waals surface area contributed by atoms with Crippen LogP contribution in [0.25, 0.3) is 0 Å². The molecule has 5 nitrogen and oxygen atoms in total. The molecular weight excluding hydrogens is 294 g/mol. The van der Waals surface area contributed by atoms with Crippen molar-refractivity contribution in [2.45, 2.75) is 36.9 Å². The van der Waals surface area contributed by atoms with Crippen LogP contribution in [0.1, 0.15) is 31.2 Å². The molecule has 2 aliphatic heterocycles. The molecule has 0 aromatic heterocycles. The van der Waals surface area contributed by atoms with E-state index in [1.54, 1.807) is 7.11 Å². The molecular formula is C18H23NO4. The number of methoxy groups -OCH3 is 1. The number of hydrogen-bond donors (Lipinski definition) is 0. The molecule has 1 saturated carbocycles. The highest BCUT2D eigenvalue weighted by Crippen LogP contribution is 2.50. The van der Waals surface area contributed by atoms with Crippen molar-refractivity contribution in [2.75, 3.05) is 33.4 Å². The number of nitrogens with zero attached hydrogens (tertiary/aromatic N) is 1. The van der Waals surface area contributed by atoms with E-state index >= 15 is 0 Å². The summed E-state index contributed by atoms with van der Waals surface area (Å²) in [6.45, 7) is 2.78. The summed E-state index contributed by atoms with van der Waals surface area (Å²) in [5, 5.41) is 0. The molecule has 1 spiro atoms. The summed E-state index contributed by atoms with van der Waals surface area (Å²) in [6, 6.07) is 7.93. The highest BCUT2D eigenvalue weighted by atomic mass is 16.7. The zero-order chi connectivity index (χ0) is 15.9. The van der Waals surface area contributed by atoms with Crippen LogP contribution < -0.4 is 4.74 Å². The molecule has 1 aliphatic carbocycles. The second kappa shape index (κ2) is 5.49. The van der Waals surface area contributed by atoms with Crippen LogP contribution in [0, 0.1) is 0 Å². The lowest BCUT2D eigenvalue weighted by Gasteiger charge is -2.39. The zero-order valence-corrected chi connectivity index (χ0v) is 13.5. The van der Waals surface area contributed by atoms with Crippen molar-refractivity contribution in [3.63, 3.8) is 0 Å². The van der Waals surface area contributed by atoms with E-state index in [1.165, 1.54) is 0 Å². The number of benzene rings is 1. The lowest BCUT2D eigenvalue weighted by molar-refractivity contribution is -0.188. The van der Waals surface area contributed by atoms with Crippen molar-refractivity contribution >= 4 is 5.91 Å². The largest absolute Gasteiger partial charge is 0.497 e. The van der Waals surface area contributed by atoms with E-state index in [4.69, 9.17) is 14.2 Å². The van der Waals surface area contributed by atoms with Gasteiger partial charge in [-0.05, 0) is 30.5 Å². The van der Waals surface area contributed by atoms with Gasteiger partial charge in [0.2, 0.25) is 5.91 Å². The van der Waals surface area contributed by atoms with Gasteiger partial charge in [-0.15, -0.1) is 0 Å². The van der Waals surface area contributed by atoms with Gasteiger partial charge in [0, 0.05) is 25.9 Å². The molecule has 2 saturated heterocycles. The molecule has 2 heterocycles. The van der Waals surface area contributed by atoms with E-state index in [0.29, 0.717) is 13.2 Å². The number of likely N-dealkylation sites (tertiary alicyclic amines) is 1. The Morgan fingerprint density at radius 2 is 1.65 bits per heavy atom. The van der Waals surface area contributed by atoms with Crippen LogP contribution in [0.3, 0.4) is 0 Å². The zero-order valence-electron chi connectivity index (χ0n) is 13.5. The van der Waals surface area contributed by atoms with Crippen molar-refractivity contribution in [1.82, 2.24) is 4.90 Å². The number of piperidine rings is 1. The molecule has 4 rings (SSSR count). The molecule has 0 unspecified atom stereocenters. The summed E-state index contributed by atoms with van der Waals surface area (Å²) in [6.07, 6.45) is 3.43. The van der Waals surface area contributed by atoms with Crippen LogP contribution in [0.4, 0.5) is 0 Å². The lowest BCUT2D eigenvalue weighted by atomic mass is 9.92. The van der Waals surface area contributed by atoms with Gasteiger partial charge in [-0.3, -0.25) is 4.79 Å². The van der Waals surface area contributed by atoms with Crippen LogP contribution in [0.2, 0.25) is 0 Å².